The van der Waals surface area contributed by atoms with Gasteiger partial charge in [0, 0.05) is 12.5 Å². The Hall–Kier alpha value is -0.860. The fourth-order valence-electron chi connectivity index (χ4n) is 2.52. The summed E-state index contributed by atoms with van der Waals surface area (Å²) in [5, 5.41) is 17.3. The molecule has 19 heavy (non-hydrogen) atoms. The Morgan fingerprint density at radius 3 is 2.37 bits per heavy atom. The highest BCUT2D eigenvalue weighted by atomic mass is 79.9. The van der Waals surface area contributed by atoms with Gasteiger partial charge >= 0.3 is 0 Å². The summed E-state index contributed by atoms with van der Waals surface area (Å²) in [5.74, 6) is 0. The normalized spacial score (nSPS) is 16.2. The number of halogens is 1. The van der Waals surface area contributed by atoms with Crippen LogP contribution >= 0.6 is 15.9 Å². The Bertz CT molecular complexity index is 486. The third-order valence-electron chi connectivity index (χ3n) is 3.21. The molecule has 0 saturated heterocycles. The Balaban J connectivity index is 2.92. The van der Waals surface area contributed by atoms with Gasteiger partial charge in [-0.2, -0.15) is 10.4 Å². The predicted molar refractivity (Wildman–Crippen MR) is 81.0 cm³/mol. The topological polar surface area (TPSA) is 53.6 Å². The van der Waals surface area contributed by atoms with E-state index in [0.717, 1.165) is 22.3 Å². The van der Waals surface area contributed by atoms with E-state index in [1.165, 1.54) is 0 Å². The van der Waals surface area contributed by atoms with Crippen molar-refractivity contribution in [2.75, 3.05) is 0 Å². The maximum absolute atomic E-state index is 9.41. The number of hydrogen-bond acceptors (Lipinski definition) is 3. The molecule has 1 aromatic heterocycles. The standard InChI is InChI=1S/C14H23BrN4/c1-9(2)17-14(6,8-16)7-10(3)19-12(5)13(15)11(4)18-19/h9-10,17H,7H2,1-6H3. The number of aryl methyl sites for hydroxylation is 1. The van der Waals surface area contributed by atoms with E-state index in [4.69, 9.17) is 0 Å². The smallest absolute Gasteiger partial charge is 0.106 e. The number of hydrogen-bond donors (Lipinski definition) is 1. The zero-order valence-electron chi connectivity index (χ0n) is 12.6. The zero-order valence-corrected chi connectivity index (χ0v) is 14.2. The molecule has 0 saturated carbocycles. The summed E-state index contributed by atoms with van der Waals surface area (Å²) in [6.45, 7) is 12.2. The second-order valence-electron chi connectivity index (χ2n) is 5.73. The quantitative estimate of drug-likeness (QED) is 0.901. The molecule has 0 aliphatic carbocycles. The SMILES string of the molecule is Cc1nn(C(C)CC(C)(C#N)NC(C)C)c(C)c1Br. The van der Waals surface area contributed by atoms with Crippen molar-refractivity contribution in [1.29, 1.82) is 5.26 Å². The van der Waals surface area contributed by atoms with Crippen LogP contribution in [0.25, 0.3) is 0 Å². The molecule has 0 radical (unpaired) electrons. The lowest BCUT2D eigenvalue weighted by Crippen LogP contribution is -2.46. The van der Waals surface area contributed by atoms with Crippen LogP contribution in [0.5, 0.6) is 0 Å². The van der Waals surface area contributed by atoms with E-state index < -0.39 is 5.54 Å². The van der Waals surface area contributed by atoms with Crippen LogP contribution < -0.4 is 5.32 Å². The molecule has 0 aromatic carbocycles. The first-order valence-corrected chi connectivity index (χ1v) is 7.39. The molecule has 106 valence electrons. The van der Waals surface area contributed by atoms with Crippen molar-refractivity contribution in [3.8, 4) is 6.07 Å². The van der Waals surface area contributed by atoms with E-state index in [9.17, 15) is 5.26 Å². The Kier molecular flexibility index (Phi) is 5.17. The van der Waals surface area contributed by atoms with Crippen molar-refractivity contribution < 1.29 is 0 Å². The first kappa shape index (κ1) is 16.2. The summed E-state index contributed by atoms with van der Waals surface area (Å²) >= 11 is 3.54. The van der Waals surface area contributed by atoms with Gasteiger partial charge in [-0.1, -0.05) is 0 Å². The first-order valence-electron chi connectivity index (χ1n) is 6.60. The molecule has 1 N–H and O–H groups in total. The molecular formula is C14H23BrN4. The first-order chi connectivity index (χ1) is 8.70. The van der Waals surface area contributed by atoms with Gasteiger partial charge in [-0.15, -0.1) is 0 Å². The van der Waals surface area contributed by atoms with Gasteiger partial charge in [-0.05, 0) is 57.5 Å². The van der Waals surface area contributed by atoms with Crippen LogP contribution in [-0.4, -0.2) is 21.4 Å². The van der Waals surface area contributed by atoms with Crippen LogP contribution in [0.4, 0.5) is 0 Å². The third kappa shape index (κ3) is 3.80. The fraction of sp³-hybridized carbons (Fsp3) is 0.714. The van der Waals surface area contributed by atoms with Crippen molar-refractivity contribution in [3.05, 3.63) is 15.9 Å². The van der Waals surface area contributed by atoms with Gasteiger partial charge in [0.15, 0.2) is 0 Å². The van der Waals surface area contributed by atoms with Crippen molar-refractivity contribution in [2.45, 2.75) is 65.6 Å². The average Bonchev–Trinajstić information content (AvgIpc) is 2.56. The van der Waals surface area contributed by atoms with Crippen LogP contribution in [-0.2, 0) is 0 Å². The molecule has 0 bridgehead atoms. The fourth-order valence-corrected chi connectivity index (χ4v) is 2.78. The molecule has 4 nitrogen and oxygen atoms in total. The van der Waals surface area contributed by atoms with E-state index in [-0.39, 0.29) is 12.1 Å². The summed E-state index contributed by atoms with van der Waals surface area (Å²) in [4.78, 5) is 0. The van der Waals surface area contributed by atoms with Gasteiger partial charge in [-0.3, -0.25) is 10.00 Å². The summed E-state index contributed by atoms with van der Waals surface area (Å²) < 4.78 is 3.05. The second kappa shape index (κ2) is 6.06. The van der Waals surface area contributed by atoms with Crippen LogP contribution in [0.3, 0.4) is 0 Å². The average molecular weight is 327 g/mol. The lowest BCUT2D eigenvalue weighted by molar-refractivity contribution is 0.311. The Morgan fingerprint density at radius 1 is 1.42 bits per heavy atom. The molecule has 0 fully saturated rings. The summed E-state index contributed by atoms with van der Waals surface area (Å²) in [7, 11) is 0. The maximum Gasteiger partial charge on any atom is 0.106 e. The van der Waals surface area contributed by atoms with E-state index in [1.54, 1.807) is 0 Å². The van der Waals surface area contributed by atoms with E-state index in [0.29, 0.717) is 0 Å². The second-order valence-corrected chi connectivity index (χ2v) is 6.52. The molecule has 0 aliphatic rings. The van der Waals surface area contributed by atoms with Gasteiger partial charge in [0.2, 0.25) is 0 Å². The molecule has 0 spiro atoms. The van der Waals surface area contributed by atoms with E-state index in [2.05, 4.69) is 53.2 Å². The molecule has 5 heteroatoms. The van der Waals surface area contributed by atoms with Crippen molar-refractivity contribution in [3.63, 3.8) is 0 Å². The monoisotopic (exact) mass is 326 g/mol. The maximum atomic E-state index is 9.41. The number of nitriles is 1. The number of rotatable bonds is 5. The van der Waals surface area contributed by atoms with Crippen LogP contribution in [0, 0.1) is 25.2 Å². The van der Waals surface area contributed by atoms with Crippen LogP contribution in [0.2, 0.25) is 0 Å². The lowest BCUT2D eigenvalue weighted by atomic mass is 9.94. The van der Waals surface area contributed by atoms with Crippen LogP contribution in [0.15, 0.2) is 4.47 Å². The summed E-state index contributed by atoms with van der Waals surface area (Å²) in [6.07, 6.45) is 0.718. The van der Waals surface area contributed by atoms with Gasteiger partial charge in [-0.25, -0.2) is 0 Å². The minimum Gasteiger partial charge on any atom is -0.297 e. The number of nitrogens with one attached hydrogen (secondary N) is 1. The van der Waals surface area contributed by atoms with Crippen molar-refractivity contribution >= 4 is 15.9 Å². The number of nitrogens with zero attached hydrogens (tertiary/aromatic N) is 3. The van der Waals surface area contributed by atoms with Gasteiger partial charge in [0.1, 0.15) is 5.54 Å². The van der Waals surface area contributed by atoms with Gasteiger partial charge < -0.3 is 0 Å². The van der Waals surface area contributed by atoms with Crippen molar-refractivity contribution in [2.24, 2.45) is 0 Å². The summed E-state index contributed by atoms with van der Waals surface area (Å²) in [6, 6.07) is 2.84. The highest BCUT2D eigenvalue weighted by Gasteiger charge is 2.28. The molecule has 1 heterocycles. The van der Waals surface area contributed by atoms with E-state index >= 15 is 0 Å². The number of aromatic nitrogens is 2. The molecule has 0 amide bonds. The summed E-state index contributed by atoms with van der Waals surface area (Å²) in [5.41, 5.74) is 1.56. The lowest BCUT2D eigenvalue weighted by Gasteiger charge is -2.29. The van der Waals surface area contributed by atoms with Gasteiger partial charge in [0.25, 0.3) is 0 Å². The molecular weight excluding hydrogens is 304 g/mol. The molecule has 2 atom stereocenters. The van der Waals surface area contributed by atoms with Crippen molar-refractivity contribution in [1.82, 2.24) is 15.1 Å². The van der Waals surface area contributed by atoms with Crippen LogP contribution in [0.1, 0.15) is 51.5 Å². The Morgan fingerprint density at radius 2 is 2.00 bits per heavy atom. The molecule has 1 aromatic rings. The predicted octanol–water partition coefficient (Wildman–Crippen LogP) is 3.49. The third-order valence-corrected chi connectivity index (χ3v) is 4.36. The Labute approximate surface area is 124 Å². The largest absolute Gasteiger partial charge is 0.297 e. The minimum absolute atomic E-state index is 0.168. The highest BCUT2D eigenvalue weighted by molar-refractivity contribution is 9.10. The minimum atomic E-state index is -0.535. The zero-order chi connectivity index (χ0) is 14.8. The van der Waals surface area contributed by atoms with Gasteiger partial charge in [0.05, 0.1) is 28.0 Å². The molecule has 0 aliphatic heterocycles. The molecule has 1 rings (SSSR count). The highest BCUT2D eigenvalue weighted by Crippen LogP contribution is 2.27. The molecule has 2 unspecified atom stereocenters. The van der Waals surface area contributed by atoms with E-state index in [1.807, 2.05) is 25.5 Å².